The van der Waals surface area contributed by atoms with Gasteiger partial charge >= 0.3 is 5.97 Å². The molecule has 0 aliphatic rings. The standard InChI is InChI=1S/C25H33N3O2/c1-5-6-7-8-9-10-11-20-16-27-23(28-17-20)21-12-14-22(15-13-21)30-24(29)25(4,18-26)19(2)3/h12-17,19H,5-11H2,1-4H3. The smallest absolute Gasteiger partial charge is 0.331 e. The van der Waals surface area contributed by atoms with E-state index in [-0.39, 0.29) is 5.92 Å². The molecule has 1 unspecified atom stereocenters. The highest BCUT2D eigenvalue weighted by atomic mass is 16.5. The third-order valence-corrected chi connectivity index (χ3v) is 5.66. The summed E-state index contributed by atoms with van der Waals surface area (Å²) in [5.41, 5.74) is 0.838. The number of hydrogen-bond acceptors (Lipinski definition) is 5. The summed E-state index contributed by atoms with van der Waals surface area (Å²) in [5.74, 6) is 0.370. The van der Waals surface area contributed by atoms with Crippen LogP contribution in [0.25, 0.3) is 11.4 Å². The van der Waals surface area contributed by atoms with E-state index in [1.165, 1.54) is 38.5 Å². The Kier molecular flexibility index (Phi) is 8.98. The summed E-state index contributed by atoms with van der Waals surface area (Å²) in [4.78, 5) is 21.4. The average Bonchev–Trinajstić information content (AvgIpc) is 2.76. The van der Waals surface area contributed by atoms with Crippen molar-refractivity contribution < 1.29 is 9.53 Å². The predicted molar refractivity (Wildman–Crippen MR) is 119 cm³/mol. The first kappa shape index (κ1) is 23.5. The number of rotatable bonds is 11. The molecule has 0 aliphatic heterocycles. The van der Waals surface area contributed by atoms with E-state index in [9.17, 15) is 10.1 Å². The first-order valence-corrected chi connectivity index (χ1v) is 11.0. The summed E-state index contributed by atoms with van der Waals surface area (Å²) in [6.45, 7) is 7.51. The lowest BCUT2D eigenvalue weighted by molar-refractivity contribution is -0.143. The highest BCUT2D eigenvalue weighted by molar-refractivity contribution is 5.82. The Labute approximate surface area is 180 Å². The van der Waals surface area contributed by atoms with Crippen LogP contribution in [0.2, 0.25) is 0 Å². The van der Waals surface area contributed by atoms with Gasteiger partial charge in [-0.2, -0.15) is 5.26 Å². The number of unbranched alkanes of at least 4 members (excludes halogenated alkanes) is 5. The Morgan fingerprint density at radius 3 is 2.23 bits per heavy atom. The molecule has 0 N–H and O–H groups in total. The molecule has 1 aromatic heterocycles. The van der Waals surface area contributed by atoms with Crippen molar-refractivity contribution in [1.29, 1.82) is 5.26 Å². The van der Waals surface area contributed by atoms with Gasteiger partial charge in [-0.25, -0.2) is 14.8 Å². The highest BCUT2D eigenvalue weighted by Crippen LogP contribution is 2.29. The fraction of sp³-hybridized carbons (Fsp3) is 0.520. The Morgan fingerprint density at radius 1 is 1.07 bits per heavy atom. The van der Waals surface area contributed by atoms with Gasteiger partial charge in [-0.15, -0.1) is 0 Å². The van der Waals surface area contributed by atoms with Gasteiger partial charge < -0.3 is 4.74 Å². The Bertz CT molecular complexity index is 838. The van der Waals surface area contributed by atoms with Crippen molar-refractivity contribution in [2.45, 2.75) is 72.6 Å². The first-order valence-electron chi connectivity index (χ1n) is 11.0. The molecule has 0 fully saturated rings. The minimum absolute atomic E-state index is 0.141. The molecule has 2 rings (SSSR count). The van der Waals surface area contributed by atoms with E-state index >= 15 is 0 Å². The molecule has 1 aromatic carbocycles. The number of esters is 1. The monoisotopic (exact) mass is 407 g/mol. The van der Waals surface area contributed by atoms with Crippen LogP contribution in [-0.2, 0) is 11.2 Å². The number of carbonyl (C=O) groups excluding carboxylic acids is 1. The number of hydrogen-bond donors (Lipinski definition) is 0. The lowest BCUT2D eigenvalue weighted by Gasteiger charge is -2.23. The van der Waals surface area contributed by atoms with Crippen LogP contribution in [0.5, 0.6) is 5.75 Å². The van der Waals surface area contributed by atoms with Gasteiger partial charge in [0.25, 0.3) is 0 Å². The maximum Gasteiger partial charge on any atom is 0.331 e. The van der Waals surface area contributed by atoms with Crippen LogP contribution < -0.4 is 4.74 Å². The second kappa shape index (κ2) is 11.4. The molecule has 160 valence electrons. The molecule has 1 heterocycles. The van der Waals surface area contributed by atoms with Gasteiger partial charge in [-0.05, 0) is 55.5 Å². The van der Waals surface area contributed by atoms with Crippen molar-refractivity contribution in [1.82, 2.24) is 9.97 Å². The zero-order valence-corrected chi connectivity index (χ0v) is 18.6. The quantitative estimate of drug-likeness (QED) is 0.254. The summed E-state index contributed by atoms with van der Waals surface area (Å²) in [6.07, 6.45) is 12.4. The Balaban J connectivity index is 1.92. The van der Waals surface area contributed by atoms with Gasteiger partial charge in [-0.1, -0.05) is 52.9 Å². The molecule has 5 heteroatoms. The van der Waals surface area contributed by atoms with Gasteiger partial charge in [0.05, 0.1) is 6.07 Å². The number of ether oxygens (including phenoxy) is 1. The van der Waals surface area contributed by atoms with Gasteiger partial charge in [0, 0.05) is 18.0 Å². The fourth-order valence-electron chi connectivity index (χ4n) is 3.04. The number of carbonyl (C=O) groups is 1. The zero-order chi connectivity index (χ0) is 22.0. The number of aryl methyl sites for hydroxylation is 1. The third-order valence-electron chi connectivity index (χ3n) is 5.66. The van der Waals surface area contributed by atoms with E-state index in [0.29, 0.717) is 11.6 Å². The summed E-state index contributed by atoms with van der Waals surface area (Å²) < 4.78 is 5.42. The second-order valence-electron chi connectivity index (χ2n) is 8.32. The van der Waals surface area contributed by atoms with Gasteiger partial charge in [0.2, 0.25) is 0 Å². The maximum atomic E-state index is 12.4. The average molecular weight is 408 g/mol. The second-order valence-corrected chi connectivity index (χ2v) is 8.32. The van der Waals surface area contributed by atoms with Crippen molar-refractivity contribution in [2.24, 2.45) is 11.3 Å². The van der Waals surface area contributed by atoms with E-state index in [2.05, 4.69) is 23.0 Å². The van der Waals surface area contributed by atoms with Crippen LogP contribution >= 0.6 is 0 Å². The van der Waals surface area contributed by atoms with E-state index in [0.717, 1.165) is 17.5 Å². The summed E-state index contributed by atoms with van der Waals surface area (Å²) in [5, 5.41) is 9.35. The van der Waals surface area contributed by atoms with E-state index < -0.39 is 11.4 Å². The minimum atomic E-state index is -1.17. The van der Waals surface area contributed by atoms with Crippen molar-refractivity contribution >= 4 is 5.97 Å². The molecule has 0 aliphatic carbocycles. The number of nitrogens with zero attached hydrogens (tertiary/aromatic N) is 3. The molecule has 0 saturated carbocycles. The van der Waals surface area contributed by atoms with Crippen LogP contribution in [-0.4, -0.2) is 15.9 Å². The third kappa shape index (κ3) is 6.38. The van der Waals surface area contributed by atoms with Crippen LogP contribution in [0.1, 0.15) is 71.8 Å². The predicted octanol–water partition coefficient (Wildman–Crippen LogP) is 6.14. The van der Waals surface area contributed by atoms with E-state index in [4.69, 9.17) is 4.74 Å². The van der Waals surface area contributed by atoms with Crippen molar-refractivity contribution in [3.05, 3.63) is 42.2 Å². The molecule has 0 bridgehead atoms. The van der Waals surface area contributed by atoms with Gasteiger partial charge in [0.15, 0.2) is 11.2 Å². The van der Waals surface area contributed by atoms with Gasteiger partial charge in [-0.3, -0.25) is 0 Å². The molecule has 30 heavy (non-hydrogen) atoms. The van der Waals surface area contributed by atoms with Gasteiger partial charge in [0.1, 0.15) is 5.75 Å². The van der Waals surface area contributed by atoms with Crippen LogP contribution in [0.4, 0.5) is 0 Å². The van der Waals surface area contributed by atoms with E-state index in [1.54, 1.807) is 19.1 Å². The summed E-state index contributed by atoms with van der Waals surface area (Å²) in [6, 6.07) is 9.14. The topological polar surface area (TPSA) is 75.9 Å². The van der Waals surface area contributed by atoms with Crippen molar-refractivity contribution in [3.8, 4) is 23.2 Å². The number of aromatic nitrogens is 2. The van der Waals surface area contributed by atoms with Crippen molar-refractivity contribution in [2.75, 3.05) is 0 Å². The van der Waals surface area contributed by atoms with E-state index in [1.807, 2.05) is 38.4 Å². The summed E-state index contributed by atoms with van der Waals surface area (Å²) in [7, 11) is 0. The SMILES string of the molecule is CCCCCCCCc1cnc(-c2ccc(OC(=O)C(C)(C#N)C(C)C)cc2)nc1. The van der Waals surface area contributed by atoms with Crippen molar-refractivity contribution in [3.63, 3.8) is 0 Å². The Morgan fingerprint density at radius 2 is 1.67 bits per heavy atom. The molecular formula is C25H33N3O2. The molecular weight excluding hydrogens is 374 g/mol. The van der Waals surface area contributed by atoms with Crippen LogP contribution in [0, 0.1) is 22.7 Å². The normalized spacial score (nSPS) is 12.9. The first-order chi connectivity index (χ1) is 14.4. The highest BCUT2D eigenvalue weighted by Gasteiger charge is 2.39. The molecule has 5 nitrogen and oxygen atoms in total. The fourth-order valence-corrected chi connectivity index (χ4v) is 3.04. The molecule has 1 atom stereocenters. The number of nitriles is 1. The lowest BCUT2D eigenvalue weighted by atomic mass is 9.81. The zero-order valence-electron chi connectivity index (χ0n) is 18.6. The molecule has 0 radical (unpaired) electrons. The van der Waals surface area contributed by atoms with Crippen LogP contribution in [0.15, 0.2) is 36.7 Å². The minimum Gasteiger partial charge on any atom is -0.425 e. The van der Waals surface area contributed by atoms with Crippen LogP contribution in [0.3, 0.4) is 0 Å². The molecule has 0 saturated heterocycles. The Hall–Kier alpha value is -2.74. The molecule has 0 amide bonds. The largest absolute Gasteiger partial charge is 0.425 e. The maximum absolute atomic E-state index is 12.4. The molecule has 2 aromatic rings. The summed E-state index contributed by atoms with van der Waals surface area (Å²) >= 11 is 0. The lowest BCUT2D eigenvalue weighted by Crippen LogP contribution is -2.35. The molecule has 0 spiro atoms. The number of benzene rings is 1.